The van der Waals surface area contributed by atoms with E-state index in [1.807, 2.05) is 20.8 Å². The molecule has 1 atom stereocenters. The SMILES string of the molecule is CC1CCN(S(=O)(=O)c2ccc3c(c2)N(CC(=O)NC(C)C)C(=O)C[C@H](C)S3)CC1. The van der Waals surface area contributed by atoms with E-state index in [4.69, 9.17) is 0 Å². The van der Waals surface area contributed by atoms with Gasteiger partial charge in [-0.15, -0.1) is 11.8 Å². The van der Waals surface area contributed by atoms with Gasteiger partial charge in [0.05, 0.1) is 10.6 Å². The molecule has 1 saturated heterocycles. The molecule has 2 amide bonds. The predicted molar refractivity (Wildman–Crippen MR) is 119 cm³/mol. The van der Waals surface area contributed by atoms with Crippen LogP contribution in [0.25, 0.3) is 0 Å². The summed E-state index contributed by atoms with van der Waals surface area (Å²) in [4.78, 5) is 27.7. The third-order valence-electron chi connectivity index (χ3n) is 5.44. The van der Waals surface area contributed by atoms with Gasteiger partial charge < -0.3 is 10.2 Å². The second-order valence-electron chi connectivity index (χ2n) is 8.55. The number of piperidine rings is 1. The van der Waals surface area contributed by atoms with Gasteiger partial charge in [-0.05, 0) is 50.8 Å². The lowest BCUT2D eigenvalue weighted by molar-refractivity contribution is -0.124. The molecule has 1 aromatic rings. The number of anilines is 1. The van der Waals surface area contributed by atoms with E-state index in [0.29, 0.717) is 31.1 Å². The first-order chi connectivity index (χ1) is 14.1. The van der Waals surface area contributed by atoms with E-state index >= 15 is 0 Å². The van der Waals surface area contributed by atoms with Crippen molar-refractivity contribution in [2.75, 3.05) is 24.5 Å². The molecule has 1 N–H and O–H groups in total. The number of hydrogen-bond donors (Lipinski definition) is 1. The first kappa shape index (κ1) is 23.1. The maximum atomic E-state index is 13.2. The maximum absolute atomic E-state index is 13.2. The Morgan fingerprint density at radius 3 is 2.53 bits per heavy atom. The summed E-state index contributed by atoms with van der Waals surface area (Å²) in [5.41, 5.74) is 0.500. The van der Waals surface area contributed by atoms with Gasteiger partial charge in [0.1, 0.15) is 6.54 Å². The maximum Gasteiger partial charge on any atom is 0.243 e. The Balaban J connectivity index is 1.96. The van der Waals surface area contributed by atoms with E-state index in [0.717, 1.165) is 17.7 Å². The van der Waals surface area contributed by atoms with Crippen LogP contribution in [0, 0.1) is 5.92 Å². The molecular formula is C21H31N3O4S2. The Bertz CT molecular complexity index is 909. The Morgan fingerprint density at radius 2 is 1.90 bits per heavy atom. The Kier molecular flexibility index (Phi) is 7.14. The first-order valence-electron chi connectivity index (χ1n) is 10.5. The van der Waals surface area contributed by atoms with Crippen molar-refractivity contribution in [2.45, 2.75) is 68.0 Å². The number of carbonyl (C=O) groups is 2. The van der Waals surface area contributed by atoms with E-state index in [1.54, 1.807) is 18.2 Å². The van der Waals surface area contributed by atoms with Crippen molar-refractivity contribution in [3.8, 4) is 0 Å². The molecule has 0 bridgehead atoms. The highest BCUT2D eigenvalue weighted by Crippen LogP contribution is 2.39. The van der Waals surface area contributed by atoms with Crippen LogP contribution in [0.5, 0.6) is 0 Å². The topological polar surface area (TPSA) is 86.8 Å². The fourth-order valence-corrected chi connectivity index (χ4v) is 6.36. The second-order valence-corrected chi connectivity index (χ2v) is 12.0. The Morgan fingerprint density at radius 1 is 1.23 bits per heavy atom. The highest BCUT2D eigenvalue weighted by molar-refractivity contribution is 8.00. The second kappa shape index (κ2) is 9.28. The average molecular weight is 454 g/mol. The number of benzene rings is 1. The normalized spacial score (nSPS) is 21.4. The molecule has 0 saturated carbocycles. The van der Waals surface area contributed by atoms with Crippen LogP contribution in [0.15, 0.2) is 28.0 Å². The van der Waals surface area contributed by atoms with Gasteiger partial charge in [-0.3, -0.25) is 9.59 Å². The van der Waals surface area contributed by atoms with Crippen LogP contribution in [-0.4, -0.2) is 55.5 Å². The predicted octanol–water partition coefficient (Wildman–Crippen LogP) is 2.85. The number of nitrogens with one attached hydrogen (secondary N) is 1. The zero-order valence-electron chi connectivity index (χ0n) is 18.1. The first-order valence-corrected chi connectivity index (χ1v) is 12.8. The van der Waals surface area contributed by atoms with Crippen LogP contribution < -0.4 is 10.2 Å². The monoisotopic (exact) mass is 453 g/mol. The third-order valence-corrected chi connectivity index (χ3v) is 8.51. The summed E-state index contributed by atoms with van der Waals surface area (Å²) in [5, 5.41) is 2.85. The lowest BCUT2D eigenvalue weighted by Crippen LogP contribution is -2.43. The average Bonchev–Trinajstić information content (AvgIpc) is 2.77. The number of nitrogens with zero attached hydrogens (tertiary/aromatic N) is 2. The summed E-state index contributed by atoms with van der Waals surface area (Å²) in [7, 11) is -3.65. The molecule has 2 heterocycles. The number of thioether (sulfide) groups is 1. The van der Waals surface area contributed by atoms with Gasteiger partial charge >= 0.3 is 0 Å². The van der Waals surface area contributed by atoms with Crippen molar-refractivity contribution in [1.29, 1.82) is 0 Å². The van der Waals surface area contributed by atoms with Crippen LogP contribution >= 0.6 is 11.8 Å². The van der Waals surface area contributed by atoms with Gasteiger partial charge in [0.2, 0.25) is 21.8 Å². The van der Waals surface area contributed by atoms with Gasteiger partial charge in [-0.25, -0.2) is 8.42 Å². The largest absolute Gasteiger partial charge is 0.352 e. The number of carbonyl (C=O) groups excluding carboxylic acids is 2. The van der Waals surface area contributed by atoms with E-state index in [9.17, 15) is 18.0 Å². The molecule has 166 valence electrons. The minimum Gasteiger partial charge on any atom is -0.352 e. The van der Waals surface area contributed by atoms with Gasteiger partial charge in [0, 0.05) is 35.7 Å². The lowest BCUT2D eigenvalue weighted by atomic mass is 10.0. The summed E-state index contributed by atoms with van der Waals surface area (Å²) < 4.78 is 28.0. The highest BCUT2D eigenvalue weighted by Gasteiger charge is 2.32. The van der Waals surface area contributed by atoms with Crippen LogP contribution in [-0.2, 0) is 19.6 Å². The molecule has 1 aromatic carbocycles. The molecule has 2 aliphatic heterocycles. The van der Waals surface area contributed by atoms with Gasteiger partial charge in [0.25, 0.3) is 0 Å². The zero-order chi connectivity index (χ0) is 22.1. The summed E-state index contributed by atoms with van der Waals surface area (Å²) in [6, 6.07) is 4.91. The van der Waals surface area contributed by atoms with Crippen molar-refractivity contribution in [3.05, 3.63) is 18.2 Å². The van der Waals surface area contributed by atoms with Crippen molar-refractivity contribution < 1.29 is 18.0 Å². The zero-order valence-corrected chi connectivity index (χ0v) is 19.7. The van der Waals surface area contributed by atoms with Crippen LogP contribution in [0.1, 0.15) is 47.0 Å². The van der Waals surface area contributed by atoms with Crippen LogP contribution in [0.3, 0.4) is 0 Å². The van der Waals surface area contributed by atoms with Crippen molar-refractivity contribution in [1.82, 2.24) is 9.62 Å². The van der Waals surface area contributed by atoms with Crippen molar-refractivity contribution >= 4 is 39.3 Å². The van der Waals surface area contributed by atoms with E-state index in [2.05, 4.69) is 12.2 Å². The molecule has 2 aliphatic rings. The lowest BCUT2D eigenvalue weighted by Gasteiger charge is -2.30. The molecule has 0 radical (unpaired) electrons. The number of hydrogen-bond acceptors (Lipinski definition) is 5. The Labute approximate surface area is 183 Å². The summed E-state index contributed by atoms with van der Waals surface area (Å²) >= 11 is 1.53. The molecule has 30 heavy (non-hydrogen) atoms. The summed E-state index contributed by atoms with van der Waals surface area (Å²) in [5.74, 6) is 0.0881. The summed E-state index contributed by atoms with van der Waals surface area (Å²) in [6.07, 6.45) is 1.98. The quantitative estimate of drug-likeness (QED) is 0.741. The number of sulfonamides is 1. The molecule has 0 unspecified atom stereocenters. The van der Waals surface area contributed by atoms with Crippen molar-refractivity contribution in [3.63, 3.8) is 0 Å². The molecule has 1 fully saturated rings. The minimum absolute atomic E-state index is 0.0412. The van der Waals surface area contributed by atoms with E-state index in [-0.39, 0.29) is 34.5 Å². The van der Waals surface area contributed by atoms with E-state index in [1.165, 1.54) is 21.0 Å². The van der Waals surface area contributed by atoms with Crippen LogP contribution in [0.2, 0.25) is 0 Å². The highest BCUT2D eigenvalue weighted by atomic mass is 32.2. The molecule has 0 aromatic heterocycles. The number of fused-ring (bicyclic) bond motifs is 1. The van der Waals surface area contributed by atoms with Crippen molar-refractivity contribution in [2.24, 2.45) is 5.92 Å². The summed E-state index contributed by atoms with van der Waals surface area (Å²) in [6.45, 7) is 8.70. The molecule has 7 nitrogen and oxygen atoms in total. The van der Waals surface area contributed by atoms with Gasteiger partial charge in [-0.1, -0.05) is 13.8 Å². The van der Waals surface area contributed by atoms with Gasteiger partial charge in [-0.2, -0.15) is 4.31 Å². The van der Waals surface area contributed by atoms with E-state index < -0.39 is 10.0 Å². The fraction of sp³-hybridized carbons (Fsp3) is 0.619. The molecule has 0 aliphatic carbocycles. The number of amides is 2. The standard InChI is InChI=1S/C21H31N3O4S2/c1-14(2)22-20(25)13-24-18-12-17(5-6-19(18)29-16(4)11-21(24)26)30(27,28)23-9-7-15(3)8-10-23/h5-6,12,14-16H,7-11,13H2,1-4H3,(H,22,25)/t16-/m0/s1. The fourth-order valence-electron chi connectivity index (χ4n) is 3.78. The third kappa shape index (κ3) is 5.18. The minimum atomic E-state index is -3.65. The molecular weight excluding hydrogens is 422 g/mol. The van der Waals surface area contributed by atoms with Crippen LogP contribution in [0.4, 0.5) is 5.69 Å². The smallest absolute Gasteiger partial charge is 0.243 e. The molecule has 9 heteroatoms. The molecule has 0 spiro atoms. The molecule has 3 rings (SSSR count). The van der Waals surface area contributed by atoms with Gasteiger partial charge in [0.15, 0.2) is 0 Å². The Hall–Kier alpha value is -1.58. The number of rotatable bonds is 5.